The predicted molar refractivity (Wildman–Crippen MR) is 68.9 cm³/mol. The third-order valence-electron chi connectivity index (χ3n) is 2.41. The highest BCUT2D eigenvalue weighted by Crippen LogP contribution is 2.25. The summed E-state index contributed by atoms with van der Waals surface area (Å²) in [6.07, 6.45) is -0.594. The van der Waals surface area contributed by atoms with Crippen molar-refractivity contribution in [2.75, 3.05) is 12.4 Å². The highest BCUT2D eigenvalue weighted by molar-refractivity contribution is 5.84. The highest BCUT2D eigenvalue weighted by atomic mass is 19.1. The van der Waals surface area contributed by atoms with Gasteiger partial charge in [0.15, 0.2) is 11.6 Å². The van der Waals surface area contributed by atoms with Crippen LogP contribution in [0.2, 0.25) is 0 Å². The standard InChI is InChI=1S/C14H11F2NO3/c1-19-14(18)17-10-3-5-11(6-4-10)20-13-7-2-9(15)8-12(13)16/h2-8H,1H3,(H,17,18). The number of amides is 1. The van der Waals surface area contributed by atoms with Crippen molar-refractivity contribution >= 4 is 11.8 Å². The van der Waals surface area contributed by atoms with Gasteiger partial charge in [0, 0.05) is 11.8 Å². The largest absolute Gasteiger partial charge is 0.454 e. The Kier molecular flexibility index (Phi) is 4.14. The second-order valence-electron chi connectivity index (χ2n) is 3.82. The monoisotopic (exact) mass is 279 g/mol. The molecular formula is C14H11F2NO3. The van der Waals surface area contributed by atoms with E-state index in [9.17, 15) is 13.6 Å². The number of benzene rings is 2. The summed E-state index contributed by atoms with van der Waals surface area (Å²) in [5.41, 5.74) is 0.503. The summed E-state index contributed by atoms with van der Waals surface area (Å²) in [7, 11) is 1.25. The molecule has 0 aromatic heterocycles. The fraction of sp³-hybridized carbons (Fsp3) is 0.0714. The number of carbonyl (C=O) groups is 1. The second-order valence-corrected chi connectivity index (χ2v) is 3.82. The average Bonchev–Trinajstić information content (AvgIpc) is 2.44. The van der Waals surface area contributed by atoms with Crippen LogP contribution in [0.15, 0.2) is 42.5 Å². The van der Waals surface area contributed by atoms with Crippen LogP contribution in [-0.4, -0.2) is 13.2 Å². The fourth-order valence-corrected chi connectivity index (χ4v) is 1.46. The molecule has 0 aliphatic carbocycles. The molecule has 0 fully saturated rings. The van der Waals surface area contributed by atoms with Gasteiger partial charge in [-0.3, -0.25) is 5.32 Å². The number of carbonyl (C=O) groups excluding carboxylic acids is 1. The molecule has 2 rings (SSSR count). The van der Waals surface area contributed by atoms with Gasteiger partial charge >= 0.3 is 6.09 Å². The zero-order chi connectivity index (χ0) is 14.5. The smallest absolute Gasteiger partial charge is 0.411 e. The first-order valence-electron chi connectivity index (χ1n) is 5.66. The zero-order valence-corrected chi connectivity index (χ0v) is 10.5. The van der Waals surface area contributed by atoms with Gasteiger partial charge in [0.1, 0.15) is 11.6 Å². The van der Waals surface area contributed by atoms with Crippen LogP contribution in [0.1, 0.15) is 0 Å². The topological polar surface area (TPSA) is 47.6 Å². The number of methoxy groups -OCH3 is 1. The molecule has 0 saturated carbocycles. The SMILES string of the molecule is COC(=O)Nc1ccc(Oc2ccc(F)cc2F)cc1. The van der Waals surface area contributed by atoms with Crippen molar-refractivity contribution in [3.8, 4) is 11.5 Å². The Morgan fingerprint density at radius 1 is 1.10 bits per heavy atom. The molecule has 0 bridgehead atoms. The van der Waals surface area contributed by atoms with Crippen LogP contribution in [-0.2, 0) is 4.74 Å². The fourth-order valence-electron chi connectivity index (χ4n) is 1.46. The lowest BCUT2D eigenvalue weighted by molar-refractivity contribution is 0.187. The Bertz CT molecular complexity index is 614. The summed E-state index contributed by atoms with van der Waals surface area (Å²) in [4.78, 5) is 11.0. The van der Waals surface area contributed by atoms with E-state index in [0.29, 0.717) is 11.4 Å². The van der Waals surface area contributed by atoms with E-state index in [2.05, 4.69) is 10.1 Å². The van der Waals surface area contributed by atoms with Crippen molar-refractivity contribution in [1.29, 1.82) is 0 Å². The Balaban J connectivity index is 2.08. The van der Waals surface area contributed by atoms with Crippen molar-refractivity contribution in [3.05, 3.63) is 54.1 Å². The number of anilines is 1. The lowest BCUT2D eigenvalue weighted by Crippen LogP contribution is -2.10. The third kappa shape index (κ3) is 3.44. The van der Waals surface area contributed by atoms with Crippen LogP contribution in [0.3, 0.4) is 0 Å². The van der Waals surface area contributed by atoms with Gasteiger partial charge in [0.2, 0.25) is 0 Å². The van der Waals surface area contributed by atoms with Crippen molar-refractivity contribution in [2.45, 2.75) is 0 Å². The van der Waals surface area contributed by atoms with E-state index in [0.717, 1.165) is 12.1 Å². The van der Waals surface area contributed by atoms with E-state index in [4.69, 9.17) is 4.74 Å². The Hall–Kier alpha value is -2.63. The van der Waals surface area contributed by atoms with Gasteiger partial charge in [0.25, 0.3) is 0 Å². The molecule has 0 unspecified atom stereocenters. The summed E-state index contributed by atoms with van der Waals surface area (Å²) < 4.78 is 35.8. The first-order valence-corrected chi connectivity index (χ1v) is 5.66. The number of ether oxygens (including phenoxy) is 2. The molecule has 0 heterocycles. The van der Waals surface area contributed by atoms with E-state index in [1.165, 1.54) is 25.3 Å². The van der Waals surface area contributed by atoms with E-state index in [-0.39, 0.29) is 5.75 Å². The average molecular weight is 279 g/mol. The van der Waals surface area contributed by atoms with Crippen LogP contribution < -0.4 is 10.1 Å². The molecule has 6 heteroatoms. The van der Waals surface area contributed by atoms with Crippen LogP contribution in [0.5, 0.6) is 11.5 Å². The van der Waals surface area contributed by atoms with E-state index in [1.807, 2.05) is 0 Å². The van der Waals surface area contributed by atoms with Crippen LogP contribution in [0, 0.1) is 11.6 Å². The number of nitrogens with one attached hydrogen (secondary N) is 1. The number of hydrogen-bond acceptors (Lipinski definition) is 3. The molecule has 20 heavy (non-hydrogen) atoms. The molecule has 2 aromatic carbocycles. The first-order chi connectivity index (χ1) is 9.58. The molecule has 1 amide bonds. The minimum absolute atomic E-state index is 0.0833. The molecular weight excluding hydrogens is 268 g/mol. The molecule has 4 nitrogen and oxygen atoms in total. The molecule has 104 valence electrons. The van der Waals surface area contributed by atoms with Gasteiger partial charge in [-0.2, -0.15) is 0 Å². The van der Waals surface area contributed by atoms with E-state index in [1.54, 1.807) is 12.1 Å². The molecule has 0 atom stereocenters. The van der Waals surface area contributed by atoms with Crippen LogP contribution in [0.25, 0.3) is 0 Å². The van der Waals surface area contributed by atoms with Crippen molar-refractivity contribution in [3.63, 3.8) is 0 Å². The van der Waals surface area contributed by atoms with Crippen molar-refractivity contribution < 1.29 is 23.0 Å². The second kappa shape index (κ2) is 6.01. The van der Waals surface area contributed by atoms with Gasteiger partial charge in [-0.05, 0) is 36.4 Å². The summed E-state index contributed by atoms with van der Waals surface area (Å²) in [6.45, 7) is 0. The van der Waals surface area contributed by atoms with Crippen molar-refractivity contribution in [1.82, 2.24) is 0 Å². The number of halogens is 2. The van der Waals surface area contributed by atoms with E-state index >= 15 is 0 Å². The van der Waals surface area contributed by atoms with Gasteiger partial charge in [-0.1, -0.05) is 0 Å². The normalized spacial score (nSPS) is 9.95. The molecule has 1 N–H and O–H groups in total. The number of rotatable bonds is 3. The van der Waals surface area contributed by atoms with Crippen LogP contribution in [0.4, 0.5) is 19.3 Å². The zero-order valence-electron chi connectivity index (χ0n) is 10.5. The summed E-state index contributed by atoms with van der Waals surface area (Å²) in [6, 6.07) is 9.24. The molecule has 0 radical (unpaired) electrons. The van der Waals surface area contributed by atoms with E-state index < -0.39 is 17.7 Å². The van der Waals surface area contributed by atoms with Gasteiger partial charge in [0.05, 0.1) is 7.11 Å². The summed E-state index contributed by atoms with van der Waals surface area (Å²) >= 11 is 0. The maximum absolute atomic E-state index is 13.4. The minimum atomic E-state index is -0.790. The molecule has 0 saturated heterocycles. The molecule has 2 aromatic rings. The summed E-state index contributed by atoms with van der Waals surface area (Å²) in [5.74, 6) is -1.19. The Labute approximate surface area is 113 Å². The maximum atomic E-state index is 13.4. The van der Waals surface area contributed by atoms with Gasteiger partial charge in [-0.25, -0.2) is 13.6 Å². The Morgan fingerprint density at radius 2 is 1.80 bits per heavy atom. The number of hydrogen-bond donors (Lipinski definition) is 1. The quantitative estimate of drug-likeness (QED) is 0.925. The van der Waals surface area contributed by atoms with Gasteiger partial charge in [-0.15, -0.1) is 0 Å². The summed E-state index contributed by atoms with van der Waals surface area (Å²) in [5, 5.41) is 2.46. The lowest BCUT2D eigenvalue weighted by atomic mass is 10.3. The first kappa shape index (κ1) is 13.8. The highest BCUT2D eigenvalue weighted by Gasteiger charge is 2.06. The minimum Gasteiger partial charge on any atom is -0.454 e. The maximum Gasteiger partial charge on any atom is 0.411 e. The van der Waals surface area contributed by atoms with Crippen molar-refractivity contribution in [2.24, 2.45) is 0 Å². The third-order valence-corrected chi connectivity index (χ3v) is 2.41. The lowest BCUT2D eigenvalue weighted by Gasteiger charge is -2.08. The van der Waals surface area contributed by atoms with Gasteiger partial charge < -0.3 is 9.47 Å². The van der Waals surface area contributed by atoms with Crippen LogP contribution >= 0.6 is 0 Å². The molecule has 0 aliphatic rings. The molecule has 0 spiro atoms. The Morgan fingerprint density at radius 3 is 2.40 bits per heavy atom. The molecule has 0 aliphatic heterocycles. The predicted octanol–water partition coefficient (Wildman–Crippen LogP) is 3.94.